The Kier molecular flexibility index (Phi) is 40.1. The lowest BCUT2D eigenvalue weighted by Crippen LogP contribution is -2.46. The Morgan fingerprint density at radius 2 is 0.982 bits per heavy atom. The average molecular weight is 830 g/mol. The zero-order chi connectivity index (χ0) is 42.1. The van der Waals surface area contributed by atoms with E-state index < -0.39 is 20.0 Å². The molecular weight excluding hydrogens is 732 g/mol. The van der Waals surface area contributed by atoms with E-state index in [0.29, 0.717) is 23.9 Å². The maximum absolute atomic E-state index is 12.8. The molecule has 3 atom stereocenters. The molecule has 3 unspecified atom stereocenters. The van der Waals surface area contributed by atoms with Crippen molar-refractivity contribution in [2.75, 3.05) is 40.9 Å². The maximum atomic E-state index is 12.8. The second-order valence-electron chi connectivity index (χ2n) is 18.2. The van der Waals surface area contributed by atoms with Crippen LogP contribution < -0.4 is 5.32 Å². The van der Waals surface area contributed by atoms with Gasteiger partial charge in [-0.25, -0.2) is 4.57 Å². The lowest BCUT2D eigenvalue weighted by molar-refractivity contribution is -0.870. The third-order valence-electron chi connectivity index (χ3n) is 11.2. The van der Waals surface area contributed by atoms with E-state index in [1.807, 2.05) is 21.1 Å². The highest BCUT2D eigenvalue weighted by Crippen LogP contribution is 2.43. The Labute approximate surface area is 354 Å². The monoisotopic (exact) mass is 830 g/mol. The second-order valence-corrected chi connectivity index (χ2v) is 19.6. The van der Waals surface area contributed by atoms with Crippen LogP contribution in [0, 0.1) is 0 Å². The van der Waals surface area contributed by atoms with Gasteiger partial charge >= 0.3 is 7.82 Å². The van der Waals surface area contributed by atoms with E-state index in [1.54, 1.807) is 0 Å². The van der Waals surface area contributed by atoms with Crippen LogP contribution in [0.2, 0.25) is 0 Å². The second kappa shape index (κ2) is 40.6. The van der Waals surface area contributed by atoms with Gasteiger partial charge < -0.3 is 19.8 Å². The Morgan fingerprint density at radius 1 is 0.579 bits per heavy atom. The molecule has 0 aromatic rings. The molecule has 340 valence electrons. The van der Waals surface area contributed by atoms with Crippen LogP contribution in [0.1, 0.15) is 239 Å². The average Bonchev–Trinajstić information content (AvgIpc) is 3.16. The van der Waals surface area contributed by atoms with Gasteiger partial charge in [-0.3, -0.25) is 13.8 Å². The largest absolute Gasteiger partial charge is 0.472 e. The highest BCUT2D eigenvalue weighted by atomic mass is 31.2. The van der Waals surface area contributed by atoms with Crippen molar-refractivity contribution in [3.8, 4) is 0 Å². The molecule has 0 aliphatic carbocycles. The molecule has 0 saturated carbocycles. The van der Waals surface area contributed by atoms with Gasteiger partial charge in [0.1, 0.15) is 13.2 Å². The first-order valence-corrected chi connectivity index (χ1v) is 26.0. The standard InChI is InChI=1S/C48H97N2O6P/c1-6-8-10-12-14-16-18-19-20-21-22-23-24-25-26-27-28-29-30-31-32-33-35-37-39-41-47(51)46(45-56-57(53,54)55-44-43-50(3,4)5)49-48(52)42-40-38-36-34-17-15-13-11-9-7-2/h11,13,46-47,51H,6-10,12,14-45H2,1-5H3,(H-,49,52,53,54)/p+1/b13-11-. The number of phosphoric acid groups is 1. The number of phosphoric ester groups is 1. The number of nitrogens with zero attached hydrogens (tertiary/aromatic N) is 1. The first-order chi connectivity index (χ1) is 27.5. The summed E-state index contributed by atoms with van der Waals surface area (Å²) < 4.78 is 23.6. The Balaban J connectivity index is 4.11. The molecule has 0 aromatic heterocycles. The van der Waals surface area contributed by atoms with E-state index in [4.69, 9.17) is 9.05 Å². The van der Waals surface area contributed by atoms with Gasteiger partial charge in [-0.15, -0.1) is 0 Å². The van der Waals surface area contributed by atoms with E-state index in [9.17, 15) is 19.4 Å². The molecule has 0 spiro atoms. The van der Waals surface area contributed by atoms with Crippen LogP contribution in [-0.2, 0) is 18.4 Å². The van der Waals surface area contributed by atoms with Gasteiger partial charge in [-0.1, -0.05) is 212 Å². The number of nitrogens with one attached hydrogen (secondary N) is 1. The Hall–Kier alpha value is -0.760. The van der Waals surface area contributed by atoms with Crippen molar-refractivity contribution in [2.24, 2.45) is 0 Å². The number of unbranched alkanes of at least 4 members (excludes halogenated alkanes) is 30. The van der Waals surface area contributed by atoms with Gasteiger partial charge in [0, 0.05) is 6.42 Å². The molecule has 0 radical (unpaired) electrons. The normalized spacial score (nSPS) is 14.3. The summed E-state index contributed by atoms with van der Waals surface area (Å²) in [5.41, 5.74) is 0. The molecule has 57 heavy (non-hydrogen) atoms. The van der Waals surface area contributed by atoms with E-state index in [-0.39, 0.29) is 19.1 Å². The van der Waals surface area contributed by atoms with Crippen molar-refractivity contribution in [3.63, 3.8) is 0 Å². The Morgan fingerprint density at radius 3 is 1.42 bits per heavy atom. The highest BCUT2D eigenvalue weighted by molar-refractivity contribution is 7.47. The molecule has 0 saturated heterocycles. The fourth-order valence-corrected chi connectivity index (χ4v) is 8.08. The molecule has 0 aliphatic heterocycles. The van der Waals surface area contributed by atoms with Gasteiger partial charge in [0.25, 0.3) is 0 Å². The van der Waals surface area contributed by atoms with Crippen molar-refractivity contribution >= 4 is 13.7 Å². The van der Waals surface area contributed by atoms with Crippen LogP contribution >= 0.6 is 7.82 Å². The maximum Gasteiger partial charge on any atom is 0.472 e. The van der Waals surface area contributed by atoms with Crippen LogP contribution in [0.5, 0.6) is 0 Å². The number of allylic oxidation sites excluding steroid dienone is 2. The summed E-state index contributed by atoms with van der Waals surface area (Å²) in [6, 6.07) is -0.760. The minimum atomic E-state index is -4.31. The number of carbonyl (C=O) groups excluding carboxylic acids is 1. The van der Waals surface area contributed by atoms with Crippen LogP contribution in [0.4, 0.5) is 0 Å². The van der Waals surface area contributed by atoms with Crippen molar-refractivity contribution in [1.82, 2.24) is 5.32 Å². The zero-order valence-corrected chi connectivity index (χ0v) is 39.5. The molecule has 9 heteroatoms. The molecule has 0 fully saturated rings. The van der Waals surface area contributed by atoms with E-state index in [1.165, 1.54) is 154 Å². The number of amides is 1. The van der Waals surface area contributed by atoms with E-state index >= 15 is 0 Å². The van der Waals surface area contributed by atoms with Crippen LogP contribution in [0.25, 0.3) is 0 Å². The fraction of sp³-hybridized carbons (Fsp3) is 0.938. The van der Waals surface area contributed by atoms with Gasteiger partial charge in [-0.2, -0.15) is 0 Å². The number of aliphatic hydroxyl groups excluding tert-OH is 1. The van der Waals surface area contributed by atoms with Crippen molar-refractivity contribution in [2.45, 2.75) is 251 Å². The van der Waals surface area contributed by atoms with E-state index in [2.05, 4.69) is 31.3 Å². The topological polar surface area (TPSA) is 105 Å². The number of hydrogen-bond donors (Lipinski definition) is 3. The highest BCUT2D eigenvalue weighted by Gasteiger charge is 2.28. The van der Waals surface area contributed by atoms with Gasteiger partial charge in [0.15, 0.2) is 0 Å². The zero-order valence-electron chi connectivity index (χ0n) is 38.6. The van der Waals surface area contributed by atoms with Crippen molar-refractivity contribution < 1.29 is 32.9 Å². The van der Waals surface area contributed by atoms with Gasteiger partial charge in [-0.05, 0) is 32.1 Å². The molecule has 0 aliphatic rings. The summed E-state index contributed by atoms with van der Waals surface area (Å²) in [7, 11) is 1.62. The van der Waals surface area contributed by atoms with Crippen LogP contribution in [-0.4, -0.2) is 73.4 Å². The lowest BCUT2D eigenvalue weighted by atomic mass is 10.0. The summed E-state index contributed by atoms with van der Waals surface area (Å²) in [5.74, 6) is -0.154. The number of carbonyl (C=O) groups is 1. The van der Waals surface area contributed by atoms with Gasteiger partial charge in [0.2, 0.25) is 5.91 Å². The quantitative estimate of drug-likeness (QED) is 0.0244. The number of likely N-dealkylation sites (N-methyl/N-ethyl adjacent to an activating group) is 1. The predicted molar refractivity (Wildman–Crippen MR) is 245 cm³/mol. The third kappa shape index (κ3) is 43.1. The Bertz CT molecular complexity index is 942. The van der Waals surface area contributed by atoms with E-state index in [0.717, 1.165) is 57.8 Å². The summed E-state index contributed by atoms with van der Waals surface area (Å²) in [4.78, 5) is 23.1. The van der Waals surface area contributed by atoms with Gasteiger partial charge in [0.05, 0.1) is 39.9 Å². The number of rotatable bonds is 45. The summed E-state index contributed by atoms with van der Waals surface area (Å²) in [6.45, 7) is 4.84. The summed E-state index contributed by atoms with van der Waals surface area (Å²) in [6.07, 6.45) is 46.9. The summed E-state index contributed by atoms with van der Waals surface area (Å²) in [5, 5.41) is 14.0. The first kappa shape index (κ1) is 56.2. The molecule has 0 heterocycles. The molecular formula is C48H98N2O6P+. The molecule has 8 nitrogen and oxygen atoms in total. The molecule has 3 N–H and O–H groups in total. The molecule has 0 bridgehead atoms. The predicted octanol–water partition coefficient (Wildman–Crippen LogP) is 13.9. The van der Waals surface area contributed by atoms with Crippen LogP contribution in [0.15, 0.2) is 12.2 Å². The smallest absolute Gasteiger partial charge is 0.391 e. The first-order valence-electron chi connectivity index (χ1n) is 24.6. The van der Waals surface area contributed by atoms with Crippen molar-refractivity contribution in [1.29, 1.82) is 0 Å². The van der Waals surface area contributed by atoms with Crippen molar-refractivity contribution in [3.05, 3.63) is 12.2 Å². The lowest BCUT2D eigenvalue weighted by Gasteiger charge is -2.26. The number of quaternary nitrogens is 1. The van der Waals surface area contributed by atoms with Crippen LogP contribution in [0.3, 0.4) is 0 Å². The molecule has 0 rings (SSSR count). The molecule has 1 amide bonds. The molecule has 0 aromatic carbocycles. The fourth-order valence-electron chi connectivity index (χ4n) is 7.34. The number of aliphatic hydroxyl groups is 1. The SMILES string of the molecule is CCC/C=C\CCCCCCCC(=O)NC(COP(=O)(O)OCC[N+](C)(C)C)C(O)CCCCCCCCCCCCCCCCCCCCCCCCCCC. The number of hydrogen-bond acceptors (Lipinski definition) is 5. The minimum Gasteiger partial charge on any atom is -0.391 e. The summed E-state index contributed by atoms with van der Waals surface area (Å²) >= 11 is 0. The third-order valence-corrected chi connectivity index (χ3v) is 12.2. The minimum absolute atomic E-state index is 0.0748.